The fourth-order valence-corrected chi connectivity index (χ4v) is 3.64. The Morgan fingerprint density at radius 2 is 2.11 bits per heavy atom. The Hall–Kier alpha value is -0.700. The van der Waals surface area contributed by atoms with E-state index in [1.165, 1.54) is 18.6 Å². The molecule has 0 radical (unpaired) electrons. The lowest BCUT2D eigenvalue weighted by Gasteiger charge is -2.37. The molecule has 2 rings (SSSR count). The van der Waals surface area contributed by atoms with Crippen LogP contribution in [0.25, 0.3) is 0 Å². The van der Waals surface area contributed by atoms with Crippen LogP contribution in [0.1, 0.15) is 45.1 Å². The smallest absolute Gasteiger partial charge is 0.140 e. The fraction of sp³-hybridized carbons (Fsp3) is 0.562. The molecule has 1 fully saturated rings. The molecule has 3 heteroatoms. The molecule has 104 valence electrons. The van der Waals surface area contributed by atoms with Crippen molar-refractivity contribution in [1.29, 1.82) is 0 Å². The van der Waals surface area contributed by atoms with Gasteiger partial charge in [0.2, 0.25) is 0 Å². The Kier molecular flexibility index (Phi) is 4.44. The van der Waals surface area contributed by atoms with Crippen molar-refractivity contribution in [2.75, 3.05) is 0 Å². The van der Waals surface area contributed by atoms with Gasteiger partial charge < -0.3 is 0 Å². The van der Waals surface area contributed by atoms with Crippen LogP contribution in [-0.2, 0) is 11.2 Å². The number of hydrogen-bond acceptors (Lipinski definition) is 1. The molecule has 1 aromatic rings. The molecule has 0 aromatic heterocycles. The molecule has 0 N–H and O–H groups in total. The lowest BCUT2D eigenvalue weighted by molar-refractivity contribution is -0.127. The van der Waals surface area contributed by atoms with Gasteiger partial charge in [0.25, 0.3) is 0 Å². The van der Waals surface area contributed by atoms with E-state index in [0.29, 0.717) is 10.9 Å². The second kappa shape index (κ2) is 5.74. The van der Waals surface area contributed by atoms with Crippen LogP contribution >= 0.6 is 15.9 Å². The summed E-state index contributed by atoms with van der Waals surface area (Å²) in [5.74, 6) is 0.0746. The molecule has 19 heavy (non-hydrogen) atoms. The van der Waals surface area contributed by atoms with Gasteiger partial charge >= 0.3 is 0 Å². The second-order valence-corrected chi connectivity index (χ2v) is 7.12. The lowest BCUT2D eigenvalue weighted by Crippen LogP contribution is -2.34. The quantitative estimate of drug-likeness (QED) is 0.770. The summed E-state index contributed by atoms with van der Waals surface area (Å²) in [6.45, 7) is 4.35. The standard InChI is InChI=1S/C16H20BrFO/c1-16(2)6-4-3-5-14(16)15(19)9-11-7-12(17)10-13(18)8-11/h7-8,10,14H,3-6,9H2,1-2H3. The van der Waals surface area contributed by atoms with Crippen molar-refractivity contribution in [3.8, 4) is 0 Å². The monoisotopic (exact) mass is 326 g/mol. The minimum Gasteiger partial charge on any atom is -0.299 e. The summed E-state index contributed by atoms with van der Waals surface area (Å²) in [5.41, 5.74) is 0.845. The summed E-state index contributed by atoms with van der Waals surface area (Å²) in [4.78, 5) is 12.5. The van der Waals surface area contributed by atoms with Crippen LogP contribution in [0, 0.1) is 17.2 Å². The molecular formula is C16H20BrFO. The van der Waals surface area contributed by atoms with Gasteiger partial charge in [0.15, 0.2) is 0 Å². The topological polar surface area (TPSA) is 17.1 Å². The van der Waals surface area contributed by atoms with Crippen molar-refractivity contribution < 1.29 is 9.18 Å². The molecule has 0 amide bonds. The van der Waals surface area contributed by atoms with Crippen molar-refractivity contribution >= 4 is 21.7 Å². The van der Waals surface area contributed by atoms with Crippen LogP contribution in [0.3, 0.4) is 0 Å². The highest BCUT2D eigenvalue weighted by Crippen LogP contribution is 2.41. The van der Waals surface area contributed by atoms with Gasteiger partial charge in [-0.3, -0.25) is 4.79 Å². The molecule has 0 saturated heterocycles. The van der Waals surface area contributed by atoms with E-state index >= 15 is 0 Å². The predicted molar refractivity (Wildman–Crippen MR) is 78.6 cm³/mol. The maximum Gasteiger partial charge on any atom is 0.140 e. The van der Waals surface area contributed by atoms with Crippen molar-refractivity contribution in [3.63, 3.8) is 0 Å². The average molecular weight is 327 g/mol. The van der Waals surface area contributed by atoms with E-state index in [9.17, 15) is 9.18 Å². The maximum absolute atomic E-state index is 13.3. The zero-order chi connectivity index (χ0) is 14.0. The van der Waals surface area contributed by atoms with E-state index in [2.05, 4.69) is 29.8 Å². The third-order valence-corrected chi connectivity index (χ3v) is 4.65. The predicted octanol–water partition coefficient (Wildman–Crippen LogP) is 4.92. The summed E-state index contributed by atoms with van der Waals surface area (Å²) in [5, 5.41) is 0. The van der Waals surface area contributed by atoms with Gasteiger partial charge in [0.05, 0.1) is 0 Å². The first-order chi connectivity index (χ1) is 8.88. The lowest BCUT2D eigenvalue weighted by atomic mass is 9.66. The molecule has 0 bridgehead atoms. The van der Waals surface area contributed by atoms with Crippen LogP contribution in [0.4, 0.5) is 4.39 Å². The highest BCUT2D eigenvalue weighted by Gasteiger charge is 2.36. The molecule has 1 nitrogen and oxygen atoms in total. The molecule has 0 heterocycles. The van der Waals surface area contributed by atoms with E-state index in [1.807, 2.05) is 6.07 Å². The van der Waals surface area contributed by atoms with E-state index in [-0.39, 0.29) is 22.9 Å². The molecule has 1 aliphatic carbocycles. The maximum atomic E-state index is 13.3. The van der Waals surface area contributed by atoms with Crippen LogP contribution in [-0.4, -0.2) is 5.78 Å². The average Bonchev–Trinajstić information content (AvgIpc) is 2.26. The first-order valence-corrected chi connectivity index (χ1v) is 7.65. The van der Waals surface area contributed by atoms with E-state index < -0.39 is 0 Å². The van der Waals surface area contributed by atoms with Gasteiger partial charge in [-0.25, -0.2) is 4.39 Å². The fourth-order valence-electron chi connectivity index (χ4n) is 3.13. The van der Waals surface area contributed by atoms with Crippen molar-refractivity contribution in [2.24, 2.45) is 11.3 Å². The summed E-state index contributed by atoms with van der Waals surface area (Å²) in [7, 11) is 0. The van der Waals surface area contributed by atoms with Gasteiger partial charge in [0, 0.05) is 16.8 Å². The Morgan fingerprint density at radius 3 is 2.74 bits per heavy atom. The second-order valence-electron chi connectivity index (χ2n) is 6.21. The number of Topliss-reactive ketones (excluding diaryl/α,β-unsaturated/α-hetero) is 1. The van der Waals surface area contributed by atoms with Crippen LogP contribution in [0.5, 0.6) is 0 Å². The third-order valence-electron chi connectivity index (χ3n) is 4.20. The van der Waals surface area contributed by atoms with Crippen LogP contribution in [0.2, 0.25) is 0 Å². The summed E-state index contributed by atoms with van der Waals surface area (Å²) >= 11 is 3.27. The number of benzene rings is 1. The number of halogens is 2. The number of rotatable bonds is 3. The van der Waals surface area contributed by atoms with Crippen molar-refractivity contribution in [3.05, 3.63) is 34.1 Å². The molecular weight excluding hydrogens is 307 g/mol. The molecule has 1 unspecified atom stereocenters. The number of carbonyl (C=O) groups is 1. The third kappa shape index (κ3) is 3.65. The van der Waals surface area contributed by atoms with Gasteiger partial charge in [-0.05, 0) is 42.0 Å². The van der Waals surface area contributed by atoms with Crippen LogP contribution < -0.4 is 0 Å². The first kappa shape index (κ1) is 14.7. The number of carbonyl (C=O) groups excluding carboxylic acids is 1. The minimum absolute atomic E-state index is 0.0832. The summed E-state index contributed by atoms with van der Waals surface area (Å²) in [6, 6.07) is 4.70. The Labute approximate surface area is 122 Å². The Morgan fingerprint density at radius 1 is 1.37 bits per heavy atom. The summed E-state index contributed by atoms with van der Waals surface area (Å²) in [6.07, 6.45) is 4.76. The van der Waals surface area contributed by atoms with Gasteiger partial charge in [-0.15, -0.1) is 0 Å². The van der Waals surface area contributed by atoms with E-state index in [0.717, 1.165) is 24.8 Å². The highest BCUT2D eigenvalue weighted by molar-refractivity contribution is 9.10. The molecule has 1 aliphatic rings. The van der Waals surface area contributed by atoms with Crippen LogP contribution in [0.15, 0.2) is 22.7 Å². The highest BCUT2D eigenvalue weighted by atomic mass is 79.9. The molecule has 1 saturated carbocycles. The first-order valence-electron chi connectivity index (χ1n) is 6.86. The minimum atomic E-state index is -0.292. The summed E-state index contributed by atoms with van der Waals surface area (Å²) < 4.78 is 14.0. The number of hydrogen-bond donors (Lipinski definition) is 0. The van der Waals surface area contributed by atoms with E-state index in [1.54, 1.807) is 0 Å². The van der Waals surface area contributed by atoms with E-state index in [4.69, 9.17) is 0 Å². The van der Waals surface area contributed by atoms with Crippen molar-refractivity contribution in [2.45, 2.75) is 46.0 Å². The zero-order valence-electron chi connectivity index (χ0n) is 11.5. The zero-order valence-corrected chi connectivity index (χ0v) is 13.1. The SMILES string of the molecule is CC1(C)CCCCC1C(=O)Cc1cc(F)cc(Br)c1. The van der Waals surface area contributed by atoms with Gasteiger partial charge in [-0.2, -0.15) is 0 Å². The molecule has 1 aromatic carbocycles. The number of ketones is 1. The molecule has 1 atom stereocenters. The van der Waals surface area contributed by atoms with Gasteiger partial charge in [0.1, 0.15) is 11.6 Å². The Balaban J connectivity index is 2.12. The molecule has 0 aliphatic heterocycles. The Bertz CT molecular complexity index is 461. The normalized spacial score (nSPS) is 22.2. The van der Waals surface area contributed by atoms with Crippen molar-refractivity contribution in [1.82, 2.24) is 0 Å². The largest absolute Gasteiger partial charge is 0.299 e. The molecule has 0 spiro atoms. The van der Waals surface area contributed by atoms with Gasteiger partial charge in [-0.1, -0.05) is 42.6 Å².